The molecule has 220 valence electrons. The first-order valence-electron chi connectivity index (χ1n) is 14.6. The molecule has 2 saturated heterocycles. The van der Waals surface area contributed by atoms with Crippen molar-refractivity contribution in [2.75, 3.05) is 51.8 Å². The summed E-state index contributed by atoms with van der Waals surface area (Å²) in [6.45, 7) is 3.44. The molecule has 5 aromatic rings. The Hall–Kier alpha value is -3.94. The van der Waals surface area contributed by atoms with Crippen LogP contribution < -0.4 is 15.0 Å². The zero-order valence-corrected chi connectivity index (χ0v) is 25.0. The van der Waals surface area contributed by atoms with Crippen LogP contribution in [0.1, 0.15) is 12.8 Å². The van der Waals surface area contributed by atoms with Gasteiger partial charge in [0.2, 0.25) is 0 Å². The number of ether oxygens (including phenoxy) is 2. The van der Waals surface area contributed by atoms with Gasteiger partial charge in [0.15, 0.2) is 0 Å². The number of piperazine rings is 1. The lowest BCUT2D eigenvalue weighted by molar-refractivity contribution is 0.111. The maximum absolute atomic E-state index is 9.38. The second-order valence-corrected chi connectivity index (χ2v) is 11.8. The lowest BCUT2D eigenvalue weighted by Gasteiger charge is -2.34. The normalized spacial score (nSPS) is 21.2. The molecule has 3 atom stereocenters. The fourth-order valence-corrected chi connectivity index (χ4v) is 6.85. The van der Waals surface area contributed by atoms with Crippen molar-refractivity contribution in [2.24, 2.45) is 0 Å². The van der Waals surface area contributed by atoms with E-state index in [0.717, 1.165) is 70.1 Å². The summed E-state index contributed by atoms with van der Waals surface area (Å²) in [7, 11) is 3.84. The molecule has 10 heteroatoms. The number of furan rings is 1. The van der Waals surface area contributed by atoms with Crippen LogP contribution in [0.3, 0.4) is 0 Å². The van der Waals surface area contributed by atoms with Gasteiger partial charge in [-0.15, -0.1) is 0 Å². The van der Waals surface area contributed by atoms with Crippen molar-refractivity contribution in [3.05, 3.63) is 59.8 Å². The number of fused-ring (bicyclic) bond motifs is 4. The molecule has 2 aliphatic heterocycles. The summed E-state index contributed by atoms with van der Waals surface area (Å²) in [5.74, 6) is 0.751. The van der Waals surface area contributed by atoms with Crippen LogP contribution in [-0.4, -0.2) is 80.0 Å². The van der Waals surface area contributed by atoms with Gasteiger partial charge in [-0.2, -0.15) is 15.2 Å². The standard InChI is InChI=1S/C33H33ClN6O3/c1-39-18-23(41-2)15-22(39)19-43-33-37-28-16-26(24-7-3-5-20-6-4-8-27(34)29(20)24)25-10-14-42-31(25)30(28)32(38-33)40-13-12-36-21(17-40)9-11-35/h3-8,10,14,16,21-23,36H,9,12-13,15,17-19H2,1-2H3/t21-,22-,23+/m0/s1. The van der Waals surface area contributed by atoms with E-state index in [4.69, 9.17) is 35.5 Å². The van der Waals surface area contributed by atoms with Gasteiger partial charge in [-0.25, -0.2) is 0 Å². The summed E-state index contributed by atoms with van der Waals surface area (Å²) < 4.78 is 18.1. The van der Waals surface area contributed by atoms with E-state index in [1.54, 1.807) is 13.4 Å². The summed E-state index contributed by atoms with van der Waals surface area (Å²) in [6, 6.07) is 19.1. The number of halogens is 1. The lowest BCUT2D eigenvalue weighted by atomic mass is 9.94. The molecule has 43 heavy (non-hydrogen) atoms. The number of nitriles is 1. The summed E-state index contributed by atoms with van der Waals surface area (Å²) in [5, 5.41) is 17.4. The Morgan fingerprint density at radius 2 is 1.98 bits per heavy atom. The van der Waals surface area contributed by atoms with Gasteiger partial charge in [0.1, 0.15) is 18.0 Å². The fourth-order valence-electron chi connectivity index (χ4n) is 6.56. The molecule has 3 aromatic carbocycles. The average molecular weight is 597 g/mol. The van der Waals surface area contributed by atoms with E-state index < -0.39 is 0 Å². The van der Waals surface area contributed by atoms with E-state index in [-0.39, 0.29) is 18.2 Å². The monoisotopic (exact) mass is 596 g/mol. The van der Waals surface area contributed by atoms with Crippen molar-refractivity contribution in [1.29, 1.82) is 5.26 Å². The molecule has 2 fully saturated rings. The van der Waals surface area contributed by atoms with E-state index in [9.17, 15) is 5.26 Å². The molecule has 2 aromatic heterocycles. The number of anilines is 1. The van der Waals surface area contributed by atoms with Gasteiger partial charge in [0, 0.05) is 61.2 Å². The zero-order valence-electron chi connectivity index (χ0n) is 24.2. The number of likely N-dealkylation sites (tertiary alicyclic amines) is 1. The number of likely N-dealkylation sites (N-methyl/N-ethyl adjacent to an activating group) is 1. The van der Waals surface area contributed by atoms with Crippen LogP contribution in [0.25, 0.3) is 43.8 Å². The van der Waals surface area contributed by atoms with Crippen molar-refractivity contribution in [3.8, 4) is 23.2 Å². The molecular formula is C33H33ClN6O3. The molecule has 0 saturated carbocycles. The van der Waals surface area contributed by atoms with Crippen LogP contribution in [0.2, 0.25) is 5.02 Å². The molecule has 9 nitrogen and oxygen atoms in total. The van der Waals surface area contributed by atoms with Crippen molar-refractivity contribution >= 4 is 50.1 Å². The van der Waals surface area contributed by atoms with E-state index >= 15 is 0 Å². The maximum atomic E-state index is 9.38. The number of nitrogens with one attached hydrogen (secondary N) is 1. The Labute approximate surface area is 254 Å². The molecule has 0 unspecified atom stereocenters. The Morgan fingerprint density at radius 3 is 2.79 bits per heavy atom. The molecule has 0 amide bonds. The smallest absolute Gasteiger partial charge is 0.319 e. The number of benzene rings is 3. The summed E-state index contributed by atoms with van der Waals surface area (Å²) in [5.41, 5.74) is 3.43. The highest BCUT2D eigenvalue weighted by Gasteiger charge is 2.31. The first-order valence-corrected chi connectivity index (χ1v) is 15.0. The first kappa shape index (κ1) is 27.9. The third-order valence-corrected chi connectivity index (χ3v) is 9.10. The quantitative estimate of drug-likeness (QED) is 0.256. The molecule has 0 aliphatic carbocycles. The van der Waals surface area contributed by atoms with Crippen molar-refractivity contribution in [3.63, 3.8) is 0 Å². The number of rotatable bonds is 7. The third kappa shape index (κ3) is 5.15. The highest BCUT2D eigenvalue weighted by atomic mass is 35.5. The summed E-state index contributed by atoms with van der Waals surface area (Å²) in [4.78, 5) is 14.4. The van der Waals surface area contributed by atoms with E-state index in [2.05, 4.69) is 52.5 Å². The fraction of sp³-hybridized carbons (Fsp3) is 0.364. The van der Waals surface area contributed by atoms with Gasteiger partial charge in [-0.3, -0.25) is 4.90 Å². The Kier molecular flexibility index (Phi) is 7.53. The molecule has 0 spiro atoms. The molecule has 0 bridgehead atoms. The Morgan fingerprint density at radius 1 is 1.12 bits per heavy atom. The van der Waals surface area contributed by atoms with Gasteiger partial charge in [-0.1, -0.05) is 41.9 Å². The van der Waals surface area contributed by atoms with Crippen molar-refractivity contribution < 1.29 is 13.9 Å². The number of hydrogen-bond acceptors (Lipinski definition) is 9. The SMILES string of the molecule is CO[C@@H]1C[C@@H](COc2nc(N3CCN[C@@H](CC#N)C3)c3c(cc(-c4cccc5cccc(Cl)c45)c4ccoc43)n2)N(C)C1. The molecular weight excluding hydrogens is 564 g/mol. The van der Waals surface area contributed by atoms with Crippen LogP contribution in [-0.2, 0) is 4.74 Å². The van der Waals surface area contributed by atoms with Crippen LogP contribution in [0.5, 0.6) is 6.01 Å². The second-order valence-electron chi connectivity index (χ2n) is 11.4. The molecule has 4 heterocycles. The predicted molar refractivity (Wildman–Crippen MR) is 169 cm³/mol. The van der Waals surface area contributed by atoms with E-state index in [0.29, 0.717) is 36.2 Å². The minimum atomic E-state index is 0.0374. The van der Waals surface area contributed by atoms with Crippen molar-refractivity contribution in [2.45, 2.75) is 31.0 Å². The van der Waals surface area contributed by atoms with Crippen LogP contribution >= 0.6 is 11.6 Å². The van der Waals surface area contributed by atoms with Gasteiger partial charge in [0.05, 0.1) is 35.8 Å². The molecule has 0 radical (unpaired) electrons. The zero-order chi connectivity index (χ0) is 29.5. The van der Waals surface area contributed by atoms with Crippen molar-refractivity contribution in [1.82, 2.24) is 20.2 Å². The Balaban J connectivity index is 1.38. The predicted octanol–water partition coefficient (Wildman–Crippen LogP) is 5.64. The van der Waals surface area contributed by atoms with Gasteiger partial charge in [0.25, 0.3) is 0 Å². The van der Waals surface area contributed by atoms with Gasteiger partial charge >= 0.3 is 6.01 Å². The summed E-state index contributed by atoms with van der Waals surface area (Å²) >= 11 is 6.77. The minimum Gasteiger partial charge on any atom is -0.463 e. The molecule has 2 aliphatic rings. The minimum absolute atomic E-state index is 0.0374. The number of methoxy groups -OCH3 is 1. The van der Waals surface area contributed by atoms with Gasteiger partial charge < -0.3 is 24.1 Å². The first-order chi connectivity index (χ1) is 21.0. The van der Waals surface area contributed by atoms with Crippen LogP contribution in [0, 0.1) is 11.3 Å². The van der Waals surface area contributed by atoms with Gasteiger partial charge in [-0.05, 0) is 48.2 Å². The highest BCUT2D eigenvalue weighted by Crippen LogP contribution is 2.42. The van der Waals surface area contributed by atoms with E-state index in [1.807, 2.05) is 24.3 Å². The Bertz CT molecular complexity index is 1850. The largest absolute Gasteiger partial charge is 0.463 e. The second kappa shape index (κ2) is 11.6. The molecule has 1 N–H and O–H groups in total. The number of aromatic nitrogens is 2. The summed E-state index contributed by atoms with van der Waals surface area (Å²) in [6.07, 6.45) is 3.21. The third-order valence-electron chi connectivity index (χ3n) is 8.79. The van der Waals surface area contributed by atoms with E-state index in [1.165, 1.54) is 0 Å². The van der Waals surface area contributed by atoms with Crippen LogP contribution in [0.15, 0.2) is 59.2 Å². The lowest BCUT2D eigenvalue weighted by Crippen LogP contribution is -2.51. The highest BCUT2D eigenvalue weighted by molar-refractivity contribution is 6.37. The number of nitrogens with zero attached hydrogens (tertiary/aromatic N) is 5. The molecule has 7 rings (SSSR count). The maximum Gasteiger partial charge on any atom is 0.319 e. The number of hydrogen-bond donors (Lipinski definition) is 1. The topological polar surface area (TPSA) is 99.7 Å². The van der Waals surface area contributed by atoms with Crippen LogP contribution in [0.4, 0.5) is 5.82 Å². The average Bonchev–Trinajstić information content (AvgIpc) is 3.66.